The maximum atomic E-state index is 12.2. The van der Waals surface area contributed by atoms with Crippen LogP contribution in [0.25, 0.3) is 0 Å². The zero-order chi connectivity index (χ0) is 15.6. The Labute approximate surface area is 135 Å². The lowest BCUT2D eigenvalue weighted by Gasteiger charge is -2.15. The van der Waals surface area contributed by atoms with Gasteiger partial charge in [0, 0.05) is 23.8 Å². The molecule has 0 saturated carbocycles. The first-order chi connectivity index (χ1) is 9.92. The topological polar surface area (TPSA) is 82.2 Å². The molecule has 0 aliphatic rings. The van der Waals surface area contributed by atoms with E-state index in [0.717, 1.165) is 0 Å². The van der Waals surface area contributed by atoms with E-state index in [-0.39, 0.29) is 5.91 Å². The van der Waals surface area contributed by atoms with E-state index in [1.54, 1.807) is 36.3 Å². The number of nitrogens with zero attached hydrogens (tertiary/aromatic N) is 2. The quantitative estimate of drug-likeness (QED) is 0.862. The van der Waals surface area contributed by atoms with Gasteiger partial charge in [-0.05, 0) is 28.1 Å². The van der Waals surface area contributed by atoms with Crippen molar-refractivity contribution in [3.05, 3.63) is 39.6 Å². The Balaban J connectivity index is 2.23. The number of methoxy groups -OCH3 is 1. The summed E-state index contributed by atoms with van der Waals surface area (Å²) in [4.78, 5) is 12.2. The van der Waals surface area contributed by atoms with Gasteiger partial charge in [-0.15, -0.1) is 0 Å². The lowest BCUT2D eigenvalue weighted by atomic mass is 10.1. The molecule has 0 radical (unpaired) electrons. The third-order valence-corrected chi connectivity index (χ3v) is 3.64. The number of anilines is 1. The average molecular weight is 374 g/mol. The van der Waals surface area contributed by atoms with Gasteiger partial charge >= 0.3 is 0 Å². The second-order valence-electron chi connectivity index (χ2n) is 4.38. The van der Waals surface area contributed by atoms with Crippen molar-refractivity contribution in [3.63, 3.8) is 0 Å². The number of carbonyl (C=O) groups excluding carboxylic acids is 1. The largest absolute Gasteiger partial charge is 0.493 e. The van der Waals surface area contributed by atoms with Crippen molar-refractivity contribution >= 4 is 39.1 Å². The second kappa shape index (κ2) is 6.46. The first kappa shape index (κ1) is 15.8. The zero-order valence-corrected chi connectivity index (χ0v) is 13.8. The van der Waals surface area contributed by atoms with Crippen molar-refractivity contribution < 1.29 is 9.53 Å². The molecule has 0 fully saturated rings. The summed E-state index contributed by atoms with van der Waals surface area (Å²) < 4.78 is 7.47. The molecule has 8 heteroatoms. The SMILES string of the molecule is COc1c(Br)cc(Cl)cc1NC(=O)C(N)c1cnn(C)c1. The number of aromatic nitrogens is 2. The second-order valence-corrected chi connectivity index (χ2v) is 5.67. The smallest absolute Gasteiger partial charge is 0.246 e. The summed E-state index contributed by atoms with van der Waals surface area (Å²) in [5.74, 6) is 0.0987. The highest BCUT2D eigenvalue weighted by atomic mass is 79.9. The number of benzene rings is 1. The van der Waals surface area contributed by atoms with Gasteiger partial charge in [-0.25, -0.2) is 0 Å². The van der Waals surface area contributed by atoms with Gasteiger partial charge in [-0.2, -0.15) is 5.10 Å². The molecule has 1 amide bonds. The molecule has 0 bridgehead atoms. The maximum absolute atomic E-state index is 12.2. The maximum Gasteiger partial charge on any atom is 0.246 e. The minimum absolute atomic E-state index is 0.379. The minimum atomic E-state index is -0.832. The Morgan fingerprint density at radius 1 is 1.57 bits per heavy atom. The Bertz CT molecular complexity index is 674. The van der Waals surface area contributed by atoms with Crippen LogP contribution in [0.2, 0.25) is 5.02 Å². The van der Waals surface area contributed by atoms with Gasteiger partial charge < -0.3 is 15.8 Å². The van der Waals surface area contributed by atoms with Crippen molar-refractivity contribution in [2.75, 3.05) is 12.4 Å². The van der Waals surface area contributed by atoms with Crippen LogP contribution < -0.4 is 15.8 Å². The molecule has 6 nitrogen and oxygen atoms in total. The van der Waals surface area contributed by atoms with Gasteiger partial charge in [0.2, 0.25) is 5.91 Å². The van der Waals surface area contributed by atoms with Gasteiger partial charge in [-0.3, -0.25) is 9.48 Å². The summed E-state index contributed by atoms with van der Waals surface area (Å²) in [5.41, 5.74) is 6.98. The van der Waals surface area contributed by atoms with Gasteiger partial charge in [0.1, 0.15) is 6.04 Å². The minimum Gasteiger partial charge on any atom is -0.493 e. The average Bonchev–Trinajstić information content (AvgIpc) is 2.84. The Kier molecular flexibility index (Phi) is 4.87. The third kappa shape index (κ3) is 3.55. The van der Waals surface area contributed by atoms with Gasteiger partial charge in [0.25, 0.3) is 0 Å². The Morgan fingerprint density at radius 2 is 2.29 bits per heavy atom. The van der Waals surface area contributed by atoms with Crippen LogP contribution in [0.15, 0.2) is 29.0 Å². The van der Waals surface area contributed by atoms with Gasteiger partial charge in [0.15, 0.2) is 5.75 Å². The summed E-state index contributed by atoms with van der Waals surface area (Å²) in [5, 5.41) is 7.17. The highest BCUT2D eigenvalue weighted by Gasteiger charge is 2.20. The van der Waals surface area contributed by atoms with Crippen LogP contribution >= 0.6 is 27.5 Å². The molecule has 2 rings (SSSR count). The van der Waals surface area contributed by atoms with Crippen LogP contribution in [-0.2, 0) is 11.8 Å². The molecule has 112 valence electrons. The third-order valence-electron chi connectivity index (χ3n) is 2.84. The lowest BCUT2D eigenvalue weighted by Crippen LogP contribution is -2.27. The van der Waals surface area contributed by atoms with E-state index < -0.39 is 6.04 Å². The van der Waals surface area contributed by atoms with Crippen molar-refractivity contribution in [2.24, 2.45) is 12.8 Å². The first-order valence-electron chi connectivity index (χ1n) is 6.00. The molecule has 0 aliphatic heterocycles. The Morgan fingerprint density at radius 3 is 2.86 bits per heavy atom. The monoisotopic (exact) mass is 372 g/mol. The van der Waals surface area contributed by atoms with E-state index in [1.165, 1.54) is 7.11 Å². The molecular formula is C13H14BrClN4O2. The number of ether oxygens (including phenoxy) is 1. The predicted octanol–water partition coefficient (Wildman–Crippen LogP) is 2.48. The van der Waals surface area contributed by atoms with Crippen LogP contribution in [0, 0.1) is 0 Å². The summed E-state index contributed by atoms with van der Waals surface area (Å²) in [7, 11) is 3.26. The molecule has 0 aliphatic carbocycles. The predicted molar refractivity (Wildman–Crippen MR) is 84.5 cm³/mol. The molecule has 1 aromatic heterocycles. The molecule has 3 N–H and O–H groups in total. The highest BCUT2D eigenvalue weighted by Crippen LogP contribution is 2.36. The summed E-state index contributed by atoms with van der Waals surface area (Å²) in [6.45, 7) is 0. The van der Waals surface area contributed by atoms with E-state index in [0.29, 0.717) is 26.5 Å². The van der Waals surface area contributed by atoms with Gasteiger partial charge in [-0.1, -0.05) is 11.6 Å². The van der Waals surface area contributed by atoms with Crippen molar-refractivity contribution in [2.45, 2.75) is 6.04 Å². The highest BCUT2D eigenvalue weighted by molar-refractivity contribution is 9.10. The molecule has 0 saturated heterocycles. The molecule has 1 heterocycles. The number of hydrogen-bond acceptors (Lipinski definition) is 4. The van der Waals surface area contributed by atoms with E-state index in [4.69, 9.17) is 22.1 Å². The van der Waals surface area contributed by atoms with Crippen LogP contribution in [-0.4, -0.2) is 22.8 Å². The number of rotatable bonds is 4. The summed E-state index contributed by atoms with van der Waals surface area (Å²) in [6.07, 6.45) is 3.24. The number of hydrogen-bond donors (Lipinski definition) is 2. The molecular weight excluding hydrogens is 360 g/mol. The Hall–Kier alpha value is -1.57. The van der Waals surface area contributed by atoms with E-state index in [9.17, 15) is 4.79 Å². The van der Waals surface area contributed by atoms with Crippen molar-refractivity contribution in [1.82, 2.24) is 9.78 Å². The first-order valence-corrected chi connectivity index (χ1v) is 7.17. The number of nitrogens with two attached hydrogens (primary N) is 1. The van der Waals surface area contributed by atoms with Gasteiger partial charge in [0.05, 0.1) is 23.5 Å². The molecule has 0 spiro atoms. The van der Waals surface area contributed by atoms with Crippen molar-refractivity contribution in [3.8, 4) is 5.75 Å². The fraction of sp³-hybridized carbons (Fsp3) is 0.231. The van der Waals surface area contributed by atoms with Crippen molar-refractivity contribution in [1.29, 1.82) is 0 Å². The molecule has 1 atom stereocenters. The fourth-order valence-corrected chi connectivity index (χ4v) is 2.80. The number of carbonyl (C=O) groups is 1. The molecule has 1 aromatic carbocycles. The number of halogens is 2. The van der Waals surface area contributed by atoms with Crippen LogP contribution in [0.3, 0.4) is 0 Å². The van der Waals surface area contributed by atoms with E-state index in [1.807, 2.05) is 0 Å². The number of amides is 1. The van der Waals surface area contributed by atoms with E-state index in [2.05, 4.69) is 26.3 Å². The van der Waals surface area contributed by atoms with Crippen LogP contribution in [0.4, 0.5) is 5.69 Å². The molecule has 21 heavy (non-hydrogen) atoms. The lowest BCUT2D eigenvalue weighted by molar-refractivity contribution is -0.117. The normalized spacial score (nSPS) is 12.0. The fourth-order valence-electron chi connectivity index (χ4n) is 1.82. The van der Waals surface area contributed by atoms with Crippen LogP contribution in [0.1, 0.15) is 11.6 Å². The molecule has 2 aromatic rings. The number of aryl methyl sites for hydroxylation is 1. The van der Waals surface area contributed by atoms with Crippen LogP contribution in [0.5, 0.6) is 5.75 Å². The standard InChI is InChI=1S/C13H14BrClN4O2/c1-19-6-7(5-17-19)11(16)13(20)18-10-4-8(15)3-9(14)12(10)21-2/h3-6,11H,16H2,1-2H3,(H,18,20). The zero-order valence-electron chi connectivity index (χ0n) is 11.4. The summed E-state index contributed by atoms with van der Waals surface area (Å²) in [6, 6.07) is 2.44. The molecule has 1 unspecified atom stereocenters. The summed E-state index contributed by atoms with van der Waals surface area (Å²) >= 11 is 9.31. The van der Waals surface area contributed by atoms with E-state index >= 15 is 0 Å². The number of nitrogens with one attached hydrogen (secondary N) is 1.